The van der Waals surface area contributed by atoms with Crippen molar-refractivity contribution in [3.05, 3.63) is 42.0 Å². The molecule has 0 aliphatic heterocycles. The Hall–Kier alpha value is -2.30. The van der Waals surface area contributed by atoms with Gasteiger partial charge in [0.05, 0.1) is 18.8 Å². The summed E-state index contributed by atoms with van der Waals surface area (Å²) in [5.41, 5.74) is 0.251. The molecule has 0 unspecified atom stereocenters. The number of unbranched alkanes of at least 4 members (excludes halogenated alkanes) is 4. The van der Waals surface area contributed by atoms with Crippen molar-refractivity contribution in [1.82, 2.24) is 0 Å². The highest BCUT2D eigenvalue weighted by molar-refractivity contribution is 5.87. The van der Waals surface area contributed by atoms with E-state index in [0.717, 1.165) is 38.5 Å². The van der Waals surface area contributed by atoms with Crippen LogP contribution in [0.2, 0.25) is 0 Å². The van der Waals surface area contributed by atoms with Crippen molar-refractivity contribution in [2.45, 2.75) is 45.4 Å². The predicted molar refractivity (Wildman–Crippen MR) is 92.4 cm³/mol. The number of ether oxygens (including phenoxy) is 2. The summed E-state index contributed by atoms with van der Waals surface area (Å²) in [4.78, 5) is 22.0. The summed E-state index contributed by atoms with van der Waals surface area (Å²) in [5, 5.41) is 8.80. The largest absolute Gasteiger partial charge is 0.494 e. The van der Waals surface area contributed by atoms with Crippen molar-refractivity contribution < 1.29 is 24.2 Å². The minimum Gasteiger partial charge on any atom is -0.494 e. The first-order valence-electron chi connectivity index (χ1n) is 8.43. The zero-order valence-corrected chi connectivity index (χ0v) is 14.2. The van der Waals surface area contributed by atoms with E-state index >= 15 is 0 Å². The van der Waals surface area contributed by atoms with Crippen LogP contribution in [-0.2, 0) is 9.53 Å². The van der Waals surface area contributed by atoms with E-state index in [1.165, 1.54) is 18.2 Å². The molecule has 1 aromatic rings. The third-order valence-electron chi connectivity index (χ3n) is 3.36. The normalized spacial score (nSPS) is 10.7. The number of aromatic carboxylic acids is 1. The molecule has 0 heterocycles. The number of carbonyl (C=O) groups is 2. The van der Waals surface area contributed by atoms with Crippen molar-refractivity contribution in [3.63, 3.8) is 0 Å². The molecule has 0 bridgehead atoms. The number of hydrogen-bond donors (Lipinski definition) is 1. The van der Waals surface area contributed by atoms with Crippen molar-refractivity contribution >= 4 is 11.9 Å². The summed E-state index contributed by atoms with van der Waals surface area (Å²) in [5.74, 6) is -0.535. The average molecular weight is 334 g/mol. The maximum Gasteiger partial charge on any atom is 0.335 e. The van der Waals surface area contributed by atoms with Crippen LogP contribution in [-0.4, -0.2) is 30.3 Å². The van der Waals surface area contributed by atoms with Crippen LogP contribution in [0.5, 0.6) is 5.75 Å². The lowest BCUT2D eigenvalue weighted by molar-refractivity contribution is -0.137. The molecule has 1 N–H and O–H groups in total. The monoisotopic (exact) mass is 334 g/mol. The summed E-state index contributed by atoms with van der Waals surface area (Å²) in [6.45, 7) is 3.10. The van der Waals surface area contributed by atoms with Gasteiger partial charge in [-0.15, -0.1) is 0 Å². The molecule has 132 valence electrons. The Morgan fingerprint density at radius 2 is 1.71 bits per heavy atom. The maximum absolute atomic E-state index is 11.3. The fraction of sp³-hybridized carbons (Fsp3) is 0.474. The molecule has 5 heteroatoms. The van der Waals surface area contributed by atoms with Gasteiger partial charge in [0.25, 0.3) is 0 Å². The molecule has 0 aliphatic carbocycles. The van der Waals surface area contributed by atoms with Crippen molar-refractivity contribution in [1.29, 1.82) is 0 Å². The van der Waals surface area contributed by atoms with E-state index in [9.17, 15) is 9.59 Å². The molecule has 24 heavy (non-hydrogen) atoms. The van der Waals surface area contributed by atoms with E-state index in [0.29, 0.717) is 19.0 Å². The van der Waals surface area contributed by atoms with Gasteiger partial charge in [0.1, 0.15) is 5.75 Å². The Morgan fingerprint density at radius 3 is 2.33 bits per heavy atom. The van der Waals surface area contributed by atoms with Crippen molar-refractivity contribution in [2.24, 2.45) is 0 Å². The van der Waals surface area contributed by atoms with E-state index < -0.39 is 5.97 Å². The van der Waals surface area contributed by atoms with E-state index in [4.69, 9.17) is 14.6 Å². The van der Waals surface area contributed by atoms with Crippen molar-refractivity contribution in [3.8, 4) is 5.75 Å². The van der Waals surface area contributed by atoms with Crippen LogP contribution in [0.1, 0.15) is 55.8 Å². The van der Waals surface area contributed by atoms with Crippen LogP contribution < -0.4 is 4.74 Å². The number of rotatable bonds is 12. The Morgan fingerprint density at radius 1 is 1.04 bits per heavy atom. The SMILES string of the molecule is CCCC=CC(=O)OCCCCCCOc1ccc(C(=O)O)cc1. The molecule has 5 nitrogen and oxygen atoms in total. The number of esters is 1. The number of hydrogen-bond acceptors (Lipinski definition) is 4. The van der Waals surface area contributed by atoms with Crippen LogP contribution in [0.3, 0.4) is 0 Å². The van der Waals surface area contributed by atoms with E-state index in [2.05, 4.69) is 6.92 Å². The van der Waals surface area contributed by atoms with Gasteiger partial charge in [0.2, 0.25) is 0 Å². The number of benzene rings is 1. The van der Waals surface area contributed by atoms with Gasteiger partial charge in [-0.05, 0) is 56.4 Å². The quantitative estimate of drug-likeness (QED) is 0.352. The lowest BCUT2D eigenvalue weighted by Gasteiger charge is -2.06. The first-order valence-corrected chi connectivity index (χ1v) is 8.43. The van der Waals surface area contributed by atoms with E-state index in [-0.39, 0.29) is 11.5 Å². The molecule has 0 saturated heterocycles. The summed E-state index contributed by atoms with van der Waals surface area (Å²) in [6, 6.07) is 6.38. The second kappa shape index (κ2) is 12.2. The Kier molecular flexibility index (Phi) is 10.0. The molecule has 0 radical (unpaired) electrons. The molecule has 0 amide bonds. The smallest absolute Gasteiger partial charge is 0.335 e. The minimum atomic E-state index is -0.942. The molecule has 0 atom stereocenters. The molecular weight excluding hydrogens is 308 g/mol. The van der Waals surface area contributed by atoms with Crippen molar-refractivity contribution in [2.75, 3.05) is 13.2 Å². The molecule has 0 spiro atoms. The Bertz CT molecular complexity index is 519. The number of carbonyl (C=O) groups excluding carboxylic acids is 1. The van der Waals surface area contributed by atoms with Gasteiger partial charge in [-0.1, -0.05) is 19.4 Å². The first kappa shape index (κ1) is 19.7. The predicted octanol–water partition coefficient (Wildman–Crippen LogP) is 4.22. The van der Waals surface area contributed by atoms with Gasteiger partial charge in [-0.2, -0.15) is 0 Å². The highest BCUT2D eigenvalue weighted by Gasteiger charge is 2.02. The van der Waals surface area contributed by atoms with Gasteiger partial charge in [-0.25, -0.2) is 9.59 Å². The minimum absolute atomic E-state index is 0.251. The second-order valence-corrected chi connectivity index (χ2v) is 5.45. The fourth-order valence-corrected chi connectivity index (χ4v) is 2.01. The highest BCUT2D eigenvalue weighted by Crippen LogP contribution is 2.13. The molecule has 1 aromatic carbocycles. The van der Waals surface area contributed by atoms with Crippen LogP contribution in [0.15, 0.2) is 36.4 Å². The molecular formula is C19H26O5. The van der Waals surface area contributed by atoms with E-state index in [1.54, 1.807) is 12.1 Å². The lowest BCUT2D eigenvalue weighted by atomic mass is 10.2. The Balaban J connectivity index is 2.00. The molecule has 0 fully saturated rings. The number of carboxylic acid groups (broad SMARTS) is 1. The summed E-state index contributed by atoms with van der Waals surface area (Å²) in [7, 11) is 0. The summed E-state index contributed by atoms with van der Waals surface area (Å²) in [6.07, 6.45) is 8.98. The standard InChI is InChI=1S/C19H26O5/c1-2-3-6-9-18(20)24-15-8-5-4-7-14-23-17-12-10-16(11-13-17)19(21)22/h6,9-13H,2-5,7-8,14-15H2,1H3,(H,21,22). The number of allylic oxidation sites excluding steroid dienone is 1. The Labute approximate surface area is 143 Å². The topological polar surface area (TPSA) is 72.8 Å². The van der Waals surface area contributed by atoms with Crippen LogP contribution in [0.4, 0.5) is 0 Å². The van der Waals surface area contributed by atoms with Crippen LogP contribution in [0, 0.1) is 0 Å². The lowest BCUT2D eigenvalue weighted by Crippen LogP contribution is -2.03. The van der Waals surface area contributed by atoms with Gasteiger partial charge < -0.3 is 14.6 Å². The van der Waals surface area contributed by atoms with Crippen LogP contribution >= 0.6 is 0 Å². The fourth-order valence-electron chi connectivity index (χ4n) is 2.01. The molecule has 1 rings (SSSR count). The molecule has 0 saturated carbocycles. The van der Waals surface area contributed by atoms with E-state index in [1.807, 2.05) is 6.08 Å². The zero-order valence-electron chi connectivity index (χ0n) is 14.2. The van der Waals surface area contributed by atoms with Gasteiger partial charge in [0, 0.05) is 6.08 Å². The van der Waals surface area contributed by atoms with Crippen LogP contribution in [0.25, 0.3) is 0 Å². The molecule has 0 aliphatic rings. The zero-order chi connectivity index (χ0) is 17.6. The molecule has 0 aromatic heterocycles. The third kappa shape index (κ3) is 8.98. The third-order valence-corrected chi connectivity index (χ3v) is 3.36. The highest BCUT2D eigenvalue weighted by atomic mass is 16.5. The van der Waals surface area contributed by atoms with Gasteiger partial charge in [0.15, 0.2) is 0 Å². The summed E-state index contributed by atoms with van der Waals surface area (Å²) >= 11 is 0. The average Bonchev–Trinajstić information content (AvgIpc) is 2.58. The van der Waals surface area contributed by atoms with Gasteiger partial charge in [-0.3, -0.25) is 0 Å². The van der Waals surface area contributed by atoms with Gasteiger partial charge >= 0.3 is 11.9 Å². The second-order valence-electron chi connectivity index (χ2n) is 5.45. The summed E-state index contributed by atoms with van der Waals surface area (Å²) < 4.78 is 10.6. The number of carboxylic acids is 1. The maximum atomic E-state index is 11.3. The first-order chi connectivity index (χ1) is 11.6.